The van der Waals surface area contributed by atoms with E-state index in [4.69, 9.17) is 0 Å². The third-order valence-electron chi connectivity index (χ3n) is 4.92. The molecular formula is C21H20F3N3O4. The van der Waals surface area contributed by atoms with E-state index in [1.54, 1.807) is 37.3 Å². The molecule has 1 saturated heterocycles. The van der Waals surface area contributed by atoms with Crippen LogP contribution < -0.4 is 15.0 Å². The largest absolute Gasteiger partial charge is 0.573 e. The molecule has 1 aliphatic rings. The fourth-order valence-electron chi connectivity index (χ4n) is 3.36. The van der Waals surface area contributed by atoms with E-state index < -0.39 is 42.0 Å². The molecule has 0 aromatic heterocycles. The first-order chi connectivity index (χ1) is 14.5. The number of halogens is 3. The van der Waals surface area contributed by atoms with Crippen molar-refractivity contribution in [3.63, 3.8) is 0 Å². The number of hydrogen-bond donors (Lipinski definition) is 1. The van der Waals surface area contributed by atoms with Crippen molar-refractivity contribution in [3.05, 3.63) is 60.2 Å². The first kappa shape index (κ1) is 22.1. The molecule has 7 nitrogen and oxygen atoms in total. The molecule has 1 atom stereocenters. The van der Waals surface area contributed by atoms with Crippen molar-refractivity contribution >= 4 is 23.5 Å². The summed E-state index contributed by atoms with van der Waals surface area (Å²) >= 11 is 0. The fraction of sp³-hybridized carbons (Fsp3) is 0.286. The number of hydrogen-bond acceptors (Lipinski definition) is 4. The summed E-state index contributed by atoms with van der Waals surface area (Å²) in [5, 5.41) is 2.52. The number of imide groups is 1. The van der Waals surface area contributed by atoms with Crippen molar-refractivity contribution in [2.24, 2.45) is 0 Å². The molecule has 1 aliphatic heterocycles. The third-order valence-corrected chi connectivity index (χ3v) is 4.92. The van der Waals surface area contributed by atoms with Gasteiger partial charge in [-0.15, -0.1) is 13.2 Å². The standard InChI is InChI=1S/C21H20F3N3O4/c1-3-26(15-7-5-4-6-8-15)17(28)13-27-18(29)20(2,25-19(27)30)14-9-11-16(12-10-14)31-21(22,23)24/h4-12H,3,13H2,1-2H3,(H,25,30). The zero-order valence-electron chi connectivity index (χ0n) is 16.8. The minimum absolute atomic E-state index is 0.255. The topological polar surface area (TPSA) is 79.0 Å². The van der Waals surface area contributed by atoms with Crippen molar-refractivity contribution in [1.82, 2.24) is 10.2 Å². The number of carbonyl (C=O) groups is 3. The average molecular weight is 435 g/mol. The highest BCUT2D eigenvalue weighted by Crippen LogP contribution is 2.31. The van der Waals surface area contributed by atoms with Gasteiger partial charge in [0.15, 0.2) is 0 Å². The number of para-hydroxylation sites is 1. The second-order valence-corrected chi connectivity index (χ2v) is 6.99. The van der Waals surface area contributed by atoms with Crippen molar-refractivity contribution in [1.29, 1.82) is 0 Å². The second kappa shape index (κ2) is 8.29. The molecule has 2 aromatic rings. The molecule has 1 heterocycles. The summed E-state index contributed by atoms with van der Waals surface area (Å²) in [5.74, 6) is -1.58. The molecule has 1 N–H and O–H groups in total. The smallest absolute Gasteiger partial charge is 0.406 e. The molecule has 31 heavy (non-hydrogen) atoms. The van der Waals surface area contributed by atoms with Gasteiger partial charge < -0.3 is 15.0 Å². The number of alkyl halides is 3. The molecule has 3 rings (SSSR count). The lowest BCUT2D eigenvalue weighted by Crippen LogP contribution is -2.44. The van der Waals surface area contributed by atoms with E-state index in [0.717, 1.165) is 17.0 Å². The summed E-state index contributed by atoms with van der Waals surface area (Å²) in [5.41, 5.74) is -0.645. The molecule has 1 fully saturated rings. The number of benzene rings is 2. The van der Waals surface area contributed by atoms with Crippen LogP contribution in [-0.2, 0) is 15.1 Å². The lowest BCUT2D eigenvalue weighted by atomic mass is 9.92. The van der Waals surface area contributed by atoms with Crippen molar-refractivity contribution in [2.75, 3.05) is 18.0 Å². The number of urea groups is 1. The van der Waals surface area contributed by atoms with Gasteiger partial charge in [0.05, 0.1) is 0 Å². The Kier molecular flexibility index (Phi) is 5.92. The van der Waals surface area contributed by atoms with Gasteiger partial charge in [0.2, 0.25) is 5.91 Å². The average Bonchev–Trinajstić information content (AvgIpc) is 2.92. The summed E-state index contributed by atoms with van der Waals surface area (Å²) in [4.78, 5) is 40.5. The van der Waals surface area contributed by atoms with E-state index in [2.05, 4.69) is 10.1 Å². The van der Waals surface area contributed by atoms with Crippen LogP contribution in [0.2, 0.25) is 0 Å². The van der Waals surface area contributed by atoms with Gasteiger partial charge in [0.25, 0.3) is 5.91 Å². The zero-order chi connectivity index (χ0) is 22.8. The molecule has 0 bridgehead atoms. The summed E-state index contributed by atoms with van der Waals surface area (Å²) in [6.07, 6.45) is -4.84. The molecular weight excluding hydrogens is 415 g/mol. The molecule has 0 spiro atoms. The maximum Gasteiger partial charge on any atom is 0.573 e. The molecule has 0 radical (unpaired) electrons. The van der Waals surface area contributed by atoms with Crippen molar-refractivity contribution in [3.8, 4) is 5.75 Å². The SMILES string of the molecule is CCN(C(=O)CN1C(=O)NC(C)(c2ccc(OC(F)(F)F)cc2)C1=O)c1ccccc1. The number of carbonyl (C=O) groups excluding carboxylic acids is 3. The quantitative estimate of drug-likeness (QED) is 0.706. The van der Waals surface area contributed by atoms with E-state index in [-0.39, 0.29) is 5.56 Å². The third kappa shape index (κ3) is 4.62. The van der Waals surface area contributed by atoms with E-state index in [1.807, 2.05) is 0 Å². The molecule has 0 saturated carbocycles. The molecule has 0 aliphatic carbocycles. The van der Waals surface area contributed by atoms with E-state index >= 15 is 0 Å². The summed E-state index contributed by atoms with van der Waals surface area (Å²) in [6, 6.07) is 12.7. The van der Waals surface area contributed by atoms with Crippen LogP contribution in [0.25, 0.3) is 0 Å². The first-order valence-corrected chi connectivity index (χ1v) is 9.41. The Balaban J connectivity index is 1.77. The van der Waals surface area contributed by atoms with E-state index in [1.165, 1.54) is 24.0 Å². The van der Waals surface area contributed by atoms with Crippen LogP contribution in [-0.4, -0.2) is 42.2 Å². The van der Waals surface area contributed by atoms with Gasteiger partial charge in [0, 0.05) is 12.2 Å². The number of nitrogens with one attached hydrogen (secondary N) is 1. The molecule has 1 unspecified atom stereocenters. The van der Waals surface area contributed by atoms with Crippen LogP contribution >= 0.6 is 0 Å². The normalized spacial score (nSPS) is 18.7. The fourth-order valence-corrected chi connectivity index (χ4v) is 3.36. The van der Waals surface area contributed by atoms with E-state index in [9.17, 15) is 27.6 Å². The van der Waals surface area contributed by atoms with Crippen LogP contribution in [0.4, 0.5) is 23.7 Å². The Labute approximate surface area is 176 Å². The number of anilines is 1. The molecule has 164 valence electrons. The van der Waals surface area contributed by atoms with Gasteiger partial charge in [-0.3, -0.25) is 14.5 Å². The highest BCUT2D eigenvalue weighted by Gasteiger charge is 2.49. The monoisotopic (exact) mass is 435 g/mol. The van der Waals surface area contributed by atoms with Gasteiger partial charge in [-0.1, -0.05) is 30.3 Å². The minimum Gasteiger partial charge on any atom is -0.406 e. The van der Waals surface area contributed by atoms with Crippen LogP contribution in [0.1, 0.15) is 19.4 Å². The molecule has 10 heteroatoms. The molecule has 2 aromatic carbocycles. The lowest BCUT2D eigenvalue weighted by Gasteiger charge is -2.25. The number of amides is 4. The highest BCUT2D eigenvalue weighted by molar-refractivity contribution is 6.10. The lowest BCUT2D eigenvalue weighted by molar-refractivity contribution is -0.274. The van der Waals surface area contributed by atoms with Gasteiger partial charge in [-0.05, 0) is 43.7 Å². The van der Waals surface area contributed by atoms with Crippen LogP contribution in [0.3, 0.4) is 0 Å². The predicted molar refractivity (Wildman–Crippen MR) is 105 cm³/mol. The Morgan fingerprint density at radius 2 is 1.71 bits per heavy atom. The van der Waals surface area contributed by atoms with Crippen LogP contribution in [0.5, 0.6) is 5.75 Å². The number of rotatable bonds is 6. The Morgan fingerprint density at radius 1 is 1.10 bits per heavy atom. The number of nitrogens with zero attached hydrogens (tertiary/aromatic N) is 2. The van der Waals surface area contributed by atoms with Gasteiger partial charge in [-0.2, -0.15) is 0 Å². The summed E-state index contributed by atoms with van der Waals surface area (Å²) in [7, 11) is 0. The van der Waals surface area contributed by atoms with Crippen molar-refractivity contribution < 1.29 is 32.3 Å². The van der Waals surface area contributed by atoms with Crippen LogP contribution in [0, 0.1) is 0 Å². The first-order valence-electron chi connectivity index (χ1n) is 9.41. The van der Waals surface area contributed by atoms with Gasteiger partial charge in [0.1, 0.15) is 17.8 Å². The highest BCUT2D eigenvalue weighted by atomic mass is 19.4. The van der Waals surface area contributed by atoms with E-state index in [0.29, 0.717) is 12.2 Å². The maximum atomic E-state index is 13.0. The Hall–Kier alpha value is -3.56. The van der Waals surface area contributed by atoms with Crippen molar-refractivity contribution in [2.45, 2.75) is 25.7 Å². The van der Waals surface area contributed by atoms with Gasteiger partial charge in [-0.25, -0.2) is 4.79 Å². The summed E-state index contributed by atoms with van der Waals surface area (Å²) < 4.78 is 40.9. The minimum atomic E-state index is -4.84. The van der Waals surface area contributed by atoms with Crippen LogP contribution in [0.15, 0.2) is 54.6 Å². The maximum absolute atomic E-state index is 13.0. The number of likely N-dealkylation sites (N-methyl/N-ethyl adjacent to an activating group) is 1. The predicted octanol–water partition coefficient (Wildman–Crippen LogP) is 3.41. The Morgan fingerprint density at radius 3 is 2.26 bits per heavy atom. The zero-order valence-corrected chi connectivity index (χ0v) is 16.8. The Bertz CT molecular complexity index is 980. The summed E-state index contributed by atoms with van der Waals surface area (Å²) in [6.45, 7) is 3.06. The molecule has 4 amide bonds. The second-order valence-electron chi connectivity index (χ2n) is 6.99. The number of ether oxygens (including phenoxy) is 1. The van der Waals surface area contributed by atoms with Gasteiger partial charge >= 0.3 is 12.4 Å².